The molecule has 2 rings (SSSR count). The standard InChI is InChI=1S/C21H28N2O5S/c1-17-15-19(9-10-20(17)28-3)29(25,26)23(16-21(24)22-12-14-27-2)13-11-18-7-5-4-6-8-18/h4-10,15H,11-14,16H2,1-3H3,(H,22,24). The van der Waals surface area contributed by atoms with Gasteiger partial charge in [0.15, 0.2) is 0 Å². The summed E-state index contributed by atoms with van der Waals surface area (Å²) in [6.07, 6.45) is 0.501. The van der Waals surface area contributed by atoms with Crippen molar-refractivity contribution in [3.8, 4) is 5.75 Å². The van der Waals surface area contributed by atoms with Crippen LogP contribution in [-0.2, 0) is 26.0 Å². The van der Waals surface area contributed by atoms with Crippen LogP contribution in [0.5, 0.6) is 5.75 Å². The molecule has 2 aromatic carbocycles. The van der Waals surface area contributed by atoms with Gasteiger partial charge >= 0.3 is 0 Å². The molecule has 0 atom stereocenters. The van der Waals surface area contributed by atoms with Gasteiger partial charge in [0, 0.05) is 20.2 Å². The number of hydrogen-bond donors (Lipinski definition) is 1. The first-order valence-corrected chi connectivity index (χ1v) is 10.8. The van der Waals surface area contributed by atoms with Crippen LogP contribution >= 0.6 is 0 Å². The molecule has 0 bridgehead atoms. The highest BCUT2D eigenvalue weighted by atomic mass is 32.2. The molecule has 0 aliphatic heterocycles. The Balaban J connectivity index is 2.23. The van der Waals surface area contributed by atoms with Crippen molar-refractivity contribution in [2.24, 2.45) is 0 Å². The normalized spacial score (nSPS) is 11.4. The van der Waals surface area contributed by atoms with E-state index in [9.17, 15) is 13.2 Å². The van der Waals surface area contributed by atoms with Crippen LogP contribution in [0.1, 0.15) is 11.1 Å². The zero-order valence-corrected chi connectivity index (χ0v) is 17.9. The van der Waals surface area contributed by atoms with Crippen LogP contribution in [0.25, 0.3) is 0 Å². The second-order valence-electron chi connectivity index (χ2n) is 6.55. The molecule has 29 heavy (non-hydrogen) atoms. The predicted octanol–water partition coefficient (Wildman–Crippen LogP) is 2.00. The van der Waals surface area contributed by atoms with Gasteiger partial charge in [0.2, 0.25) is 15.9 Å². The van der Waals surface area contributed by atoms with E-state index in [4.69, 9.17) is 9.47 Å². The topological polar surface area (TPSA) is 84.9 Å². The van der Waals surface area contributed by atoms with Crippen LogP contribution < -0.4 is 10.1 Å². The number of benzene rings is 2. The molecule has 0 unspecified atom stereocenters. The Morgan fingerprint density at radius 3 is 2.45 bits per heavy atom. The molecule has 158 valence electrons. The van der Waals surface area contributed by atoms with Crippen molar-refractivity contribution in [3.05, 3.63) is 59.7 Å². The average molecular weight is 421 g/mol. The molecule has 0 spiro atoms. The smallest absolute Gasteiger partial charge is 0.243 e. The van der Waals surface area contributed by atoms with Crippen molar-refractivity contribution >= 4 is 15.9 Å². The Hall–Kier alpha value is -2.42. The van der Waals surface area contributed by atoms with Crippen molar-refractivity contribution in [2.75, 3.05) is 40.5 Å². The van der Waals surface area contributed by atoms with E-state index in [1.54, 1.807) is 19.1 Å². The number of nitrogens with one attached hydrogen (secondary N) is 1. The van der Waals surface area contributed by atoms with E-state index in [0.717, 1.165) is 5.56 Å². The quantitative estimate of drug-likeness (QED) is 0.562. The van der Waals surface area contributed by atoms with Gasteiger partial charge < -0.3 is 14.8 Å². The summed E-state index contributed by atoms with van der Waals surface area (Å²) < 4.78 is 37.8. The van der Waals surface area contributed by atoms with Crippen molar-refractivity contribution in [3.63, 3.8) is 0 Å². The summed E-state index contributed by atoms with van der Waals surface area (Å²) in [5.41, 5.74) is 1.71. The molecule has 7 nitrogen and oxygen atoms in total. The highest BCUT2D eigenvalue weighted by Crippen LogP contribution is 2.24. The van der Waals surface area contributed by atoms with E-state index in [-0.39, 0.29) is 23.9 Å². The fourth-order valence-electron chi connectivity index (χ4n) is 2.85. The molecule has 0 fully saturated rings. The third kappa shape index (κ3) is 6.56. The minimum atomic E-state index is -3.86. The Labute approximate surface area is 172 Å². The van der Waals surface area contributed by atoms with Crippen LogP contribution in [0.3, 0.4) is 0 Å². The lowest BCUT2D eigenvalue weighted by molar-refractivity contribution is -0.121. The van der Waals surface area contributed by atoms with Crippen LogP contribution in [0.15, 0.2) is 53.4 Å². The first kappa shape index (κ1) is 22.9. The van der Waals surface area contributed by atoms with Crippen LogP contribution in [0.2, 0.25) is 0 Å². The van der Waals surface area contributed by atoms with E-state index in [1.807, 2.05) is 30.3 Å². The predicted molar refractivity (Wildman–Crippen MR) is 112 cm³/mol. The van der Waals surface area contributed by atoms with Gasteiger partial charge in [-0.3, -0.25) is 4.79 Å². The molecular formula is C21H28N2O5S. The highest BCUT2D eigenvalue weighted by Gasteiger charge is 2.27. The second kappa shape index (κ2) is 10.9. The van der Waals surface area contributed by atoms with Gasteiger partial charge in [-0.15, -0.1) is 0 Å². The van der Waals surface area contributed by atoms with Gasteiger partial charge in [-0.05, 0) is 42.7 Å². The maximum Gasteiger partial charge on any atom is 0.243 e. The minimum Gasteiger partial charge on any atom is -0.496 e. The van der Waals surface area contributed by atoms with Crippen LogP contribution in [-0.4, -0.2) is 59.1 Å². The number of aryl methyl sites for hydroxylation is 1. The minimum absolute atomic E-state index is 0.133. The van der Waals surface area contributed by atoms with Crippen molar-refractivity contribution in [2.45, 2.75) is 18.2 Å². The first-order valence-electron chi connectivity index (χ1n) is 9.33. The number of carbonyl (C=O) groups is 1. The molecule has 0 aliphatic carbocycles. The molecule has 0 aromatic heterocycles. The molecule has 0 heterocycles. The Morgan fingerprint density at radius 2 is 1.83 bits per heavy atom. The third-order valence-corrected chi connectivity index (χ3v) is 6.29. The molecule has 0 aliphatic rings. The van der Waals surface area contributed by atoms with Crippen molar-refractivity contribution in [1.82, 2.24) is 9.62 Å². The first-order chi connectivity index (χ1) is 13.9. The molecule has 0 saturated heterocycles. The number of rotatable bonds is 11. The number of sulfonamides is 1. The lowest BCUT2D eigenvalue weighted by Gasteiger charge is -2.22. The molecule has 1 amide bonds. The summed E-state index contributed by atoms with van der Waals surface area (Å²) in [7, 11) is -0.787. The highest BCUT2D eigenvalue weighted by molar-refractivity contribution is 7.89. The fraction of sp³-hybridized carbons (Fsp3) is 0.381. The van der Waals surface area contributed by atoms with E-state index in [0.29, 0.717) is 30.9 Å². The molecule has 1 N–H and O–H groups in total. The molecule has 8 heteroatoms. The van der Waals surface area contributed by atoms with E-state index in [1.165, 1.54) is 24.6 Å². The summed E-state index contributed by atoms with van der Waals surface area (Å²) in [6, 6.07) is 14.3. The van der Waals surface area contributed by atoms with Gasteiger partial charge in [-0.2, -0.15) is 4.31 Å². The average Bonchev–Trinajstić information content (AvgIpc) is 2.71. The summed E-state index contributed by atoms with van der Waals surface area (Å²) >= 11 is 0. The summed E-state index contributed by atoms with van der Waals surface area (Å²) in [6.45, 7) is 2.40. The Bertz CT molecular complexity index is 901. The summed E-state index contributed by atoms with van der Waals surface area (Å²) in [5, 5.41) is 2.68. The monoisotopic (exact) mass is 420 g/mol. The van der Waals surface area contributed by atoms with Gasteiger partial charge in [0.25, 0.3) is 0 Å². The summed E-state index contributed by atoms with van der Waals surface area (Å²) in [4.78, 5) is 12.4. The number of ether oxygens (including phenoxy) is 2. The molecular weight excluding hydrogens is 392 g/mol. The summed E-state index contributed by atoms with van der Waals surface area (Å²) in [5.74, 6) is 0.237. The maximum absolute atomic E-state index is 13.3. The van der Waals surface area contributed by atoms with Crippen molar-refractivity contribution in [1.29, 1.82) is 0 Å². The zero-order valence-electron chi connectivity index (χ0n) is 17.1. The number of methoxy groups -OCH3 is 2. The lowest BCUT2D eigenvalue weighted by Crippen LogP contribution is -2.42. The van der Waals surface area contributed by atoms with E-state index < -0.39 is 10.0 Å². The van der Waals surface area contributed by atoms with Crippen molar-refractivity contribution < 1.29 is 22.7 Å². The van der Waals surface area contributed by atoms with Crippen LogP contribution in [0.4, 0.5) is 0 Å². The van der Waals surface area contributed by atoms with Gasteiger partial charge in [0.05, 0.1) is 25.2 Å². The van der Waals surface area contributed by atoms with Gasteiger partial charge in [0.1, 0.15) is 5.75 Å². The second-order valence-corrected chi connectivity index (χ2v) is 8.49. The number of amides is 1. The number of hydrogen-bond acceptors (Lipinski definition) is 5. The number of nitrogens with zero attached hydrogens (tertiary/aromatic N) is 1. The van der Waals surface area contributed by atoms with E-state index >= 15 is 0 Å². The zero-order chi connectivity index (χ0) is 21.3. The van der Waals surface area contributed by atoms with Gasteiger partial charge in [-0.25, -0.2) is 8.42 Å². The maximum atomic E-state index is 13.3. The lowest BCUT2D eigenvalue weighted by atomic mass is 10.1. The Kier molecular flexibility index (Phi) is 8.63. The van der Waals surface area contributed by atoms with Crippen LogP contribution in [0, 0.1) is 6.92 Å². The fourth-order valence-corrected chi connectivity index (χ4v) is 4.33. The van der Waals surface area contributed by atoms with Gasteiger partial charge in [-0.1, -0.05) is 30.3 Å². The molecule has 0 radical (unpaired) electrons. The molecule has 0 saturated carbocycles. The van der Waals surface area contributed by atoms with E-state index in [2.05, 4.69) is 5.32 Å². The largest absolute Gasteiger partial charge is 0.496 e. The molecule has 2 aromatic rings. The third-order valence-electron chi connectivity index (χ3n) is 4.45. The number of carbonyl (C=O) groups excluding carboxylic acids is 1. The SMILES string of the molecule is COCCNC(=O)CN(CCc1ccccc1)S(=O)(=O)c1ccc(OC)c(C)c1. The Morgan fingerprint density at radius 1 is 1.10 bits per heavy atom.